The lowest BCUT2D eigenvalue weighted by Crippen LogP contribution is -2.58. The highest BCUT2D eigenvalue weighted by atomic mass is 19.4. The van der Waals surface area contributed by atoms with Gasteiger partial charge in [0.15, 0.2) is 0 Å². The van der Waals surface area contributed by atoms with Crippen LogP contribution in [-0.4, -0.2) is 42.1 Å². The number of carbonyl (C=O) groups excluding carboxylic acids is 2. The molecule has 2 unspecified atom stereocenters. The van der Waals surface area contributed by atoms with Crippen LogP contribution >= 0.6 is 0 Å². The molecule has 2 aliphatic heterocycles. The quantitative estimate of drug-likeness (QED) is 0.839. The fourth-order valence-corrected chi connectivity index (χ4v) is 5.34. The molecule has 0 aromatic heterocycles. The summed E-state index contributed by atoms with van der Waals surface area (Å²) >= 11 is 0. The predicted molar refractivity (Wildman–Crippen MR) is 92.4 cm³/mol. The lowest BCUT2D eigenvalue weighted by atomic mass is 9.68. The summed E-state index contributed by atoms with van der Waals surface area (Å²) in [7, 11) is 0. The van der Waals surface area contributed by atoms with Gasteiger partial charge in [-0.1, -0.05) is 12.1 Å². The third-order valence-electron chi connectivity index (χ3n) is 7.07. The fraction of sp³-hybridized carbons (Fsp3) is 0.600. The largest absolute Gasteiger partial charge is 0.447 e. The summed E-state index contributed by atoms with van der Waals surface area (Å²) in [6.07, 6.45) is -1.80. The average Bonchev–Trinajstić information content (AvgIpc) is 3.25. The number of cyclic esters (lactones) is 1. The van der Waals surface area contributed by atoms with E-state index < -0.39 is 17.8 Å². The molecule has 1 aromatic carbocycles. The first-order valence-corrected chi connectivity index (χ1v) is 9.62. The van der Waals surface area contributed by atoms with Crippen molar-refractivity contribution in [1.82, 2.24) is 10.2 Å². The number of benzene rings is 1. The number of piperidine rings is 1. The van der Waals surface area contributed by atoms with Crippen LogP contribution in [0.3, 0.4) is 0 Å². The molecular weight excluding hydrogens is 373 g/mol. The van der Waals surface area contributed by atoms with Gasteiger partial charge in [-0.05, 0) is 49.3 Å². The number of rotatable bonds is 2. The molecule has 2 aliphatic carbocycles. The molecule has 0 bridgehead atoms. The Balaban J connectivity index is 1.20. The van der Waals surface area contributed by atoms with E-state index in [1.165, 1.54) is 0 Å². The summed E-state index contributed by atoms with van der Waals surface area (Å²) in [4.78, 5) is 25.9. The lowest BCUT2D eigenvalue weighted by Gasteiger charge is -2.44. The van der Waals surface area contributed by atoms with Gasteiger partial charge in [0, 0.05) is 24.4 Å². The summed E-state index contributed by atoms with van der Waals surface area (Å²) in [6, 6.07) is 5.50. The first kappa shape index (κ1) is 17.8. The van der Waals surface area contributed by atoms with Gasteiger partial charge in [0.25, 0.3) is 0 Å². The van der Waals surface area contributed by atoms with Crippen molar-refractivity contribution in [2.75, 3.05) is 19.7 Å². The molecule has 8 heteroatoms. The highest BCUT2D eigenvalue weighted by Crippen LogP contribution is 2.59. The fourth-order valence-electron chi connectivity index (χ4n) is 5.34. The van der Waals surface area contributed by atoms with Gasteiger partial charge in [0.1, 0.15) is 6.61 Å². The zero-order valence-corrected chi connectivity index (χ0v) is 15.2. The number of amides is 2. The predicted octanol–water partition coefficient (Wildman–Crippen LogP) is 3.08. The van der Waals surface area contributed by atoms with Crippen molar-refractivity contribution in [2.45, 2.75) is 42.8 Å². The van der Waals surface area contributed by atoms with E-state index in [1.807, 2.05) is 4.90 Å². The van der Waals surface area contributed by atoms with Crippen LogP contribution in [0.1, 0.15) is 36.8 Å². The van der Waals surface area contributed by atoms with E-state index in [0.717, 1.165) is 30.5 Å². The molecular formula is C20H21F3N2O3. The van der Waals surface area contributed by atoms with Gasteiger partial charge in [-0.3, -0.25) is 4.79 Å². The van der Waals surface area contributed by atoms with E-state index in [2.05, 4.69) is 5.32 Å². The van der Waals surface area contributed by atoms with E-state index in [1.54, 1.807) is 12.1 Å². The van der Waals surface area contributed by atoms with Crippen LogP contribution < -0.4 is 5.32 Å². The highest BCUT2D eigenvalue weighted by molar-refractivity contribution is 5.82. The Labute approximate surface area is 160 Å². The smallest absolute Gasteiger partial charge is 0.416 e. The SMILES string of the molecule is O=C1N[C@]2(CO1)C[C@H](C(=O)N1CCC3(c4ccc(C(F)(F)F)cc4)CC3C1)C2. The second-order valence-electron chi connectivity index (χ2n) is 8.75. The standard InChI is InChI=1S/C20H21F3N2O3/c21-20(22,23)14-3-1-13(2-4-14)19-5-6-25(10-15(19)9-19)16(26)12-7-18(8-12)11-28-17(27)24-18/h1-4,12,15H,5-11H2,(H,24,27)/t12-,15?,18+,19?. The van der Waals surface area contributed by atoms with E-state index in [4.69, 9.17) is 4.74 Å². The van der Waals surface area contributed by atoms with Crippen LogP contribution in [-0.2, 0) is 21.1 Å². The molecule has 2 atom stereocenters. The van der Waals surface area contributed by atoms with Crippen LogP contribution in [0.25, 0.3) is 0 Å². The van der Waals surface area contributed by atoms with Crippen LogP contribution in [0, 0.1) is 11.8 Å². The van der Waals surface area contributed by atoms with Crippen molar-refractivity contribution in [1.29, 1.82) is 0 Å². The Morgan fingerprint density at radius 3 is 2.46 bits per heavy atom. The maximum Gasteiger partial charge on any atom is 0.416 e. The maximum atomic E-state index is 12.8. The summed E-state index contributed by atoms with van der Waals surface area (Å²) in [5, 5.41) is 2.80. The van der Waals surface area contributed by atoms with Crippen molar-refractivity contribution in [3.8, 4) is 0 Å². The van der Waals surface area contributed by atoms with Crippen molar-refractivity contribution in [2.24, 2.45) is 11.8 Å². The molecule has 28 heavy (non-hydrogen) atoms. The Morgan fingerprint density at radius 1 is 1.18 bits per heavy atom. The minimum atomic E-state index is -4.32. The number of alkyl halides is 3. The minimum absolute atomic E-state index is 0.0744. The normalized spacial score (nSPS) is 36.4. The van der Waals surface area contributed by atoms with E-state index in [9.17, 15) is 22.8 Å². The molecule has 2 saturated carbocycles. The summed E-state index contributed by atoms with van der Waals surface area (Å²) in [6.45, 7) is 1.62. The second kappa shape index (κ2) is 5.64. The zero-order valence-electron chi connectivity index (χ0n) is 15.2. The molecule has 150 valence electrons. The molecule has 1 aromatic rings. The van der Waals surface area contributed by atoms with Crippen LogP contribution in [0.2, 0.25) is 0 Å². The third-order valence-corrected chi connectivity index (χ3v) is 7.07. The molecule has 5 rings (SSSR count). The second-order valence-corrected chi connectivity index (χ2v) is 8.75. The lowest BCUT2D eigenvalue weighted by molar-refractivity contribution is -0.142. The first-order valence-electron chi connectivity index (χ1n) is 9.62. The van der Waals surface area contributed by atoms with E-state index >= 15 is 0 Å². The van der Waals surface area contributed by atoms with Crippen molar-refractivity contribution >= 4 is 12.0 Å². The molecule has 2 amide bonds. The minimum Gasteiger partial charge on any atom is -0.447 e. The third kappa shape index (κ3) is 2.68. The number of likely N-dealkylation sites (tertiary alicyclic amines) is 1. The Kier molecular flexibility index (Phi) is 3.59. The molecule has 5 nitrogen and oxygen atoms in total. The molecule has 1 spiro atoms. The van der Waals surface area contributed by atoms with Crippen LogP contribution in [0.5, 0.6) is 0 Å². The average molecular weight is 394 g/mol. The van der Waals surface area contributed by atoms with Crippen molar-refractivity contribution < 1.29 is 27.5 Å². The van der Waals surface area contributed by atoms with Gasteiger partial charge in [-0.15, -0.1) is 0 Å². The molecule has 4 aliphatic rings. The topological polar surface area (TPSA) is 58.6 Å². The number of fused-ring (bicyclic) bond motifs is 1. The highest BCUT2D eigenvalue weighted by Gasteiger charge is 2.59. The number of nitrogens with one attached hydrogen (secondary N) is 1. The number of carbonyl (C=O) groups is 2. The molecule has 4 fully saturated rings. The molecule has 1 N–H and O–H groups in total. The molecule has 2 heterocycles. The Bertz CT molecular complexity index is 832. The van der Waals surface area contributed by atoms with Gasteiger partial charge < -0.3 is 15.0 Å². The van der Waals surface area contributed by atoms with Gasteiger partial charge in [0.2, 0.25) is 5.91 Å². The Morgan fingerprint density at radius 2 is 1.89 bits per heavy atom. The number of ether oxygens (including phenoxy) is 1. The monoisotopic (exact) mass is 394 g/mol. The van der Waals surface area contributed by atoms with Gasteiger partial charge >= 0.3 is 12.3 Å². The summed E-state index contributed by atoms with van der Waals surface area (Å²) in [5.41, 5.74) is -0.114. The van der Waals surface area contributed by atoms with Gasteiger partial charge in [0.05, 0.1) is 11.1 Å². The Hall–Kier alpha value is -2.25. The molecule has 0 radical (unpaired) electrons. The maximum absolute atomic E-state index is 12.8. The number of nitrogens with zero attached hydrogens (tertiary/aromatic N) is 1. The number of hydrogen-bond acceptors (Lipinski definition) is 3. The zero-order chi connectivity index (χ0) is 19.7. The van der Waals surface area contributed by atoms with E-state index in [-0.39, 0.29) is 22.8 Å². The summed E-state index contributed by atoms with van der Waals surface area (Å²) in [5.74, 6) is 0.351. The number of halogens is 3. The number of hydrogen-bond donors (Lipinski definition) is 1. The van der Waals surface area contributed by atoms with Crippen LogP contribution in [0.4, 0.5) is 18.0 Å². The van der Waals surface area contributed by atoms with Crippen LogP contribution in [0.15, 0.2) is 24.3 Å². The van der Waals surface area contributed by atoms with Crippen molar-refractivity contribution in [3.05, 3.63) is 35.4 Å². The number of alkyl carbamates (subject to hydrolysis) is 1. The first-order chi connectivity index (χ1) is 13.2. The van der Waals surface area contributed by atoms with E-state index in [0.29, 0.717) is 38.5 Å². The van der Waals surface area contributed by atoms with Gasteiger partial charge in [-0.2, -0.15) is 13.2 Å². The summed E-state index contributed by atoms with van der Waals surface area (Å²) < 4.78 is 43.3. The molecule has 2 saturated heterocycles. The van der Waals surface area contributed by atoms with Crippen molar-refractivity contribution in [3.63, 3.8) is 0 Å². The van der Waals surface area contributed by atoms with Gasteiger partial charge in [-0.25, -0.2) is 4.79 Å².